The molecule has 0 bridgehead atoms. The summed E-state index contributed by atoms with van der Waals surface area (Å²) in [7, 11) is 0. The zero-order chi connectivity index (χ0) is 12.4. The van der Waals surface area contributed by atoms with Crippen LogP contribution >= 0.6 is 11.8 Å². The molecule has 92 valence electrons. The highest BCUT2D eigenvalue weighted by Gasteiger charge is 2.07. The summed E-state index contributed by atoms with van der Waals surface area (Å²) in [6, 6.07) is 1.86. The van der Waals surface area contributed by atoms with Crippen molar-refractivity contribution >= 4 is 17.5 Å². The lowest BCUT2D eigenvalue weighted by Crippen LogP contribution is -1.95. The Morgan fingerprint density at radius 2 is 2.33 bits per heavy atom. The Morgan fingerprint density at radius 1 is 1.39 bits per heavy atom. The molecular formula is C10H10N6OS. The van der Waals surface area contributed by atoms with E-state index in [1.807, 2.05) is 22.9 Å². The molecule has 0 aliphatic heterocycles. The Morgan fingerprint density at radius 3 is 3.11 bits per heavy atom. The first-order valence-electron chi connectivity index (χ1n) is 5.29. The van der Waals surface area contributed by atoms with E-state index in [-0.39, 0.29) is 6.54 Å². The molecule has 18 heavy (non-hydrogen) atoms. The summed E-state index contributed by atoms with van der Waals surface area (Å²) in [6.07, 6.45) is 5.54. The molecule has 0 aliphatic carbocycles. The van der Waals surface area contributed by atoms with Gasteiger partial charge < -0.3 is 10.2 Å². The molecule has 7 nitrogen and oxygen atoms in total. The van der Waals surface area contributed by atoms with Crippen molar-refractivity contribution in [3.63, 3.8) is 0 Å². The van der Waals surface area contributed by atoms with E-state index in [4.69, 9.17) is 10.2 Å². The SMILES string of the molecule is NCc1nnc(SCc2cn3cccnc3n2)o1. The fourth-order valence-corrected chi connectivity index (χ4v) is 2.13. The summed E-state index contributed by atoms with van der Waals surface area (Å²) in [6.45, 7) is 0.256. The average Bonchev–Trinajstić information content (AvgIpc) is 3.02. The molecule has 8 heteroatoms. The van der Waals surface area contributed by atoms with E-state index in [1.54, 1.807) is 6.20 Å². The van der Waals surface area contributed by atoms with Crippen molar-refractivity contribution in [2.45, 2.75) is 17.5 Å². The Bertz CT molecular complexity index is 630. The van der Waals surface area contributed by atoms with Crippen LogP contribution < -0.4 is 5.73 Å². The minimum atomic E-state index is 0.256. The van der Waals surface area contributed by atoms with Crippen LogP contribution in [0.15, 0.2) is 34.3 Å². The number of aromatic nitrogens is 5. The Hall–Kier alpha value is -1.93. The molecule has 2 N–H and O–H groups in total. The van der Waals surface area contributed by atoms with E-state index < -0.39 is 0 Å². The monoisotopic (exact) mass is 262 g/mol. The average molecular weight is 262 g/mol. The van der Waals surface area contributed by atoms with E-state index in [1.165, 1.54) is 11.8 Å². The summed E-state index contributed by atoms with van der Waals surface area (Å²) in [5.74, 6) is 1.77. The molecule has 0 radical (unpaired) electrons. The van der Waals surface area contributed by atoms with E-state index in [2.05, 4.69) is 20.2 Å². The van der Waals surface area contributed by atoms with Crippen molar-refractivity contribution in [2.75, 3.05) is 0 Å². The normalized spacial score (nSPS) is 11.2. The number of hydrogen-bond acceptors (Lipinski definition) is 7. The number of thioether (sulfide) groups is 1. The molecule has 3 aromatic heterocycles. The second kappa shape index (κ2) is 4.75. The molecule has 3 heterocycles. The number of fused-ring (bicyclic) bond motifs is 1. The first-order chi connectivity index (χ1) is 8.85. The molecule has 0 fully saturated rings. The van der Waals surface area contributed by atoms with Crippen LogP contribution in [0.1, 0.15) is 11.6 Å². The first-order valence-corrected chi connectivity index (χ1v) is 6.27. The third kappa shape index (κ3) is 2.20. The van der Waals surface area contributed by atoms with Crippen LogP contribution in [-0.2, 0) is 12.3 Å². The fourth-order valence-electron chi connectivity index (χ4n) is 1.46. The number of hydrogen-bond donors (Lipinski definition) is 1. The zero-order valence-corrected chi connectivity index (χ0v) is 10.2. The van der Waals surface area contributed by atoms with Gasteiger partial charge in [-0.1, -0.05) is 11.8 Å². The van der Waals surface area contributed by atoms with Crippen LogP contribution in [0.3, 0.4) is 0 Å². The van der Waals surface area contributed by atoms with Crippen LogP contribution in [0.25, 0.3) is 5.78 Å². The Labute approximate surface area is 106 Å². The molecule has 0 amide bonds. The number of nitrogens with two attached hydrogens (primary N) is 1. The maximum atomic E-state index is 5.39. The smallest absolute Gasteiger partial charge is 0.277 e. The highest BCUT2D eigenvalue weighted by Crippen LogP contribution is 2.20. The summed E-state index contributed by atoms with van der Waals surface area (Å²) in [4.78, 5) is 8.52. The second-order valence-corrected chi connectivity index (χ2v) is 4.44. The van der Waals surface area contributed by atoms with Gasteiger partial charge in [0.05, 0.1) is 12.2 Å². The lowest BCUT2D eigenvalue weighted by atomic mass is 10.6. The van der Waals surface area contributed by atoms with Gasteiger partial charge in [-0.3, -0.25) is 4.40 Å². The molecule has 3 rings (SSSR count). The van der Waals surface area contributed by atoms with Crippen LogP contribution in [0.2, 0.25) is 0 Å². The maximum absolute atomic E-state index is 5.39. The summed E-state index contributed by atoms with van der Waals surface area (Å²) in [5.41, 5.74) is 6.30. The summed E-state index contributed by atoms with van der Waals surface area (Å²) >= 11 is 1.43. The molecule has 0 aliphatic rings. The molecule has 0 saturated carbocycles. The van der Waals surface area contributed by atoms with E-state index in [9.17, 15) is 0 Å². The third-order valence-corrected chi connectivity index (χ3v) is 3.10. The number of nitrogens with zero attached hydrogens (tertiary/aromatic N) is 5. The molecule has 0 saturated heterocycles. The maximum Gasteiger partial charge on any atom is 0.277 e. The number of imidazole rings is 1. The minimum absolute atomic E-state index is 0.256. The van der Waals surface area contributed by atoms with Gasteiger partial charge in [-0.2, -0.15) is 0 Å². The van der Waals surface area contributed by atoms with Crippen molar-refractivity contribution in [1.29, 1.82) is 0 Å². The summed E-state index contributed by atoms with van der Waals surface area (Å²) < 4.78 is 7.16. The predicted octanol–water partition coefficient (Wildman–Crippen LogP) is 0.863. The van der Waals surface area contributed by atoms with Gasteiger partial charge in [0.25, 0.3) is 5.22 Å². The minimum Gasteiger partial charge on any atom is -0.415 e. The van der Waals surface area contributed by atoms with E-state index in [0.29, 0.717) is 22.6 Å². The van der Waals surface area contributed by atoms with Gasteiger partial charge in [0.1, 0.15) is 0 Å². The molecule has 3 aromatic rings. The lowest BCUT2D eigenvalue weighted by Gasteiger charge is -1.90. The van der Waals surface area contributed by atoms with Crippen molar-refractivity contribution < 1.29 is 4.42 Å². The molecular weight excluding hydrogens is 252 g/mol. The van der Waals surface area contributed by atoms with E-state index in [0.717, 1.165) is 5.69 Å². The van der Waals surface area contributed by atoms with Crippen molar-refractivity contribution in [3.8, 4) is 0 Å². The third-order valence-electron chi connectivity index (χ3n) is 2.25. The fraction of sp³-hybridized carbons (Fsp3) is 0.200. The highest BCUT2D eigenvalue weighted by molar-refractivity contribution is 7.98. The predicted molar refractivity (Wildman–Crippen MR) is 64.7 cm³/mol. The molecule has 0 unspecified atom stereocenters. The first kappa shape index (κ1) is 11.2. The van der Waals surface area contributed by atoms with Crippen molar-refractivity contribution in [2.24, 2.45) is 5.73 Å². The zero-order valence-electron chi connectivity index (χ0n) is 9.35. The van der Waals surface area contributed by atoms with E-state index >= 15 is 0 Å². The topological polar surface area (TPSA) is 95.1 Å². The Kier molecular flexibility index (Phi) is 2.95. The molecule has 0 atom stereocenters. The van der Waals surface area contributed by atoms with Crippen LogP contribution in [-0.4, -0.2) is 24.6 Å². The van der Waals surface area contributed by atoms with Gasteiger partial charge >= 0.3 is 0 Å². The molecule has 0 aromatic carbocycles. The van der Waals surface area contributed by atoms with Crippen molar-refractivity contribution in [3.05, 3.63) is 36.2 Å². The van der Waals surface area contributed by atoms with Crippen LogP contribution in [0.5, 0.6) is 0 Å². The van der Waals surface area contributed by atoms with Gasteiger partial charge in [0, 0.05) is 24.3 Å². The van der Waals surface area contributed by atoms with Gasteiger partial charge in [-0.15, -0.1) is 10.2 Å². The van der Waals surface area contributed by atoms with Gasteiger partial charge in [0.2, 0.25) is 11.7 Å². The largest absolute Gasteiger partial charge is 0.415 e. The summed E-state index contributed by atoms with van der Waals surface area (Å²) in [5, 5.41) is 8.16. The van der Waals surface area contributed by atoms with Crippen molar-refractivity contribution in [1.82, 2.24) is 24.6 Å². The molecule has 0 spiro atoms. The van der Waals surface area contributed by atoms with Gasteiger partial charge in [-0.25, -0.2) is 9.97 Å². The van der Waals surface area contributed by atoms with Gasteiger partial charge in [-0.05, 0) is 6.07 Å². The van der Waals surface area contributed by atoms with Crippen LogP contribution in [0.4, 0.5) is 0 Å². The standard InChI is InChI=1S/C10H10N6OS/c11-4-8-14-15-10(17-8)18-6-7-5-16-3-1-2-12-9(16)13-7/h1-3,5H,4,6,11H2. The quantitative estimate of drug-likeness (QED) is 0.697. The van der Waals surface area contributed by atoms with Crippen LogP contribution in [0, 0.1) is 0 Å². The Balaban J connectivity index is 1.72. The number of rotatable bonds is 4. The van der Waals surface area contributed by atoms with Gasteiger partial charge in [0.15, 0.2) is 0 Å². The lowest BCUT2D eigenvalue weighted by molar-refractivity contribution is 0.414. The second-order valence-electron chi connectivity index (χ2n) is 3.51. The highest BCUT2D eigenvalue weighted by atomic mass is 32.2.